The van der Waals surface area contributed by atoms with E-state index in [9.17, 15) is 14.4 Å². The van der Waals surface area contributed by atoms with Crippen molar-refractivity contribution in [2.45, 2.75) is 44.9 Å². The van der Waals surface area contributed by atoms with E-state index in [4.69, 9.17) is 21.0 Å². The van der Waals surface area contributed by atoms with Crippen LogP contribution < -0.4 is 16.9 Å². The summed E-state index contributed by atoms with van der Waals surface area (Å²) in [5, 5.41) is 0. The van der Waals surface area contributed by atoms with Gasteiger partial charge in [0.05, 0.1) is 12.6 Å². The third kappa shape index (κ3) is 6.55. The lowest BCUT2D eigenvalue weighted by Crippen LogP contribution is -2.57. The lowest BCUT2D eigenvalue weighted by atomic mass is 9.95. The average molecular weight is 354 g/mol. The van der Waals surface area contributed by atoms with Crippen LogP contribution in [0.2, 0.25) is 0 Å². The predicted molar refractivity (Wildman–Crippen MR) is 90.9 cm³/mol. The molecule has 0 fully saturated rings. The van der Waals surface area contributed by atoms with E-state index >= 15 is 0 Å². The van der Waals surface area contributed by atoms with Gasteiger partial charge >= 0.3 is 6.09 Å². The van der Waals surface area contributed by atoms with Crippen LogP contribution >= 0.6 is 0 Å². The number of amides is 3. The molecule has 2 atom stereocenters. The highest BCUT2D eigenvalue weighted by molar-refractivity contribution is 5.87. The predicted octanol–water partition coefficient (Wildman–Crippen LogP) is -0.0314. The van der Waals surface area contributed by atoms with E-state index in [2.05, 4.69) is 12.1 Å². The van der Waals surface area contributed by atoms with E-state index in [-0.39, 0.29) is 19.6 Å². The van der Waals surface area contributed by atoms with Gasteiger partial charge in [-0.05, 0) is 26.3 Å². The summed E-state index contributed by atoms with van der Waals surface area (Å²) < 4.78 is 5.32. The van der Waals surface area contributed by atoms with Gasteiger partial charge in [0.15, 0.2) is 0 Å². The molecule has 0 spiro atoms. The third-order valence-electron chi connectivity index (χ3n) is 3.26. The van der Waals surface area contributed by atoms with Gasteiger partial charge in [0.1, 0.15) is 11.6 Å². The summed E-state index contributed by atoms with van der Waals surface area (Å²) in [5.74, 6) is -1.31. The van der Waals surface area contributed by atoms with Gasteiger partial charge in [-0.3, -0.25) is 19.3 Å². The summed E-state index contributed by atoms with van der Waals surface area (Å²) in [5.41, 5.74) is 13.2. The molecule has 0 saturated carbocycles. The molecule has 0 aromatic heterocycles. The molecule has 1 aliphatic rings. The number of primary amides is 2. The highest BCUT2D eigenvalue weighted by atomic mass is 16.6. The number of hydrogen-bond donors (Lipinski definition) is 3. The maximum atomic E-state index is 12.4. The number of nitrogens with zero attached hydrogens (tertiary/aromatic N) is 1. The Morgan fingerprint density at radius 3 is 2.52 bits per heavy atom. The van der Waals surface area contributed by atoms with Gasteiger partial charge in [0.25, 0.3) is 0 Å². The number of carbonyl (C=O) groups excluding carboxylic acids is 3. The summed E-state index contributed by atoms with van der Waals surface area (Å²) in [6.45, 7) is 8.91. The second kappa shape index (κ2) is 8.63. The third-order valence-corrected chi connectivity index (χ3v) is 3.26. The zero-order chi connectivity index (χ0) is 19.2. The first kappa shape index (κ1) is 20.7. The minimum absolute atomic E-state index is 0.0266. The Morgan fingerprint density at radius 1 is 1.40 bits per heavy atom. The lowest BCUT2D eigenvalue weighted by Gasteiger charge is -2.38. The first-order valence-electron chi connectivity index (χ1n) is 7.81. The van der Waals surface area contributed by atoms with Crippen molar-refractivity contribution < 1.29 is 24.0 Å². The zero-order valence-electron chi connectivity index (χ0n) is 14.8. The maximum Gasteiger partial charge on any atom is 0.411 e. The van der Waals surface area contributed by atoms with Crippen LogP contribution in [0.15, 0.2) is 24.3 Å². The largest absolute Gasteiger partial charge is 0.444 e. The number of rotatable bonds is 7. The van der Waals surface area contributed by atoms with E-state index < -0.39 is 35.6 Å². The maximum absolute atomic E-state index is 12.4. The molecule has 9 nitrogen and oxygen atoms in total. The summed E-state index contributed by atoms with van der Waals surface area (Å²) in [6, 6.07) is -1.59. The average Bonchev–Trinajstić information content (AvgIpc) is 2.45. The van der Waals surface area contributed by atoms with E-state index in [0.717, 1.165) is 0 Å². The first-order valence-corrected chi connectivity index (χ1v) is 7.81. The molecule has 140 valence electrons. The smallest absolute Gasteiger partial charge is 0.411 e. The Bertz CT molecular complexity index is 567. The van der Waals surface area contributed by atoms with Gasteiger partial charge in [-0.25, -0.2) is 4.79 Å². The van der Waals surface area contributed by atoms with E-state index in [0.29, 0.717) is 5.57 Å². The van der Waals surface area contributed by atoms with Crippen molar-refractivity contribution in [3.05, 3.63) is 24.3 Å². The Labute approximate surface area is 146 Å². The van der Waals surface area contributed by atoms with Crippen LogP contribution in [0.25, 0.3) is 0 Å². The van der Waals surface area contributed by atoms with Gasteiger partial charge in [0, 0.05) is 13.0 Å². The molecule has 0 aliphatic carbocycles. The van der Waals surface area contributed by atoms with Crippen molar-refractivity contribution in [2.24, 2.45) is 11.5 Å². The summed E-state index contributed by atoms with van der Waals surface area (Å²) in [4.78, 5) is 41.9. The molecule has 0 saturated heterocycles. The molecule has 1 aliphatic heterocycles. The number of ether oxygens (including phenoxy) is 1. The molecular formula is C16H26N4O5. The lowest BCUT2D eigenvalue weighted by molar-refractivity contribution is -0.122. The molecule has 2 unspecified atom stereocenters. The Morgan fingerprint density at radius 2 is 2.04 bits per heavy atom. The number of hydrogen-bond acceptors (Lipinski definition) is 6. The molecule has 0 radical (unpaired) electrons. The summed E-state index contributed by atoms with van der Waals surface area (Å²) in [6.07, 6.45) is 2.18. The molecule has 1 heterocycles. The molecule has 0 aromatic rings. The van der Waals surface area contributed by atoms with Crippen molar-refractivity contribution in [2.75, 3.05) is 13.2 Å². The highest BCUT2D eigenvalue weighted by Crippen LogP contribution is 2.22. The Hall–Kier alpha value is -2.39. The van der Waals surface area contributed by atoms with Crippen molar-refractivity contribution in [1.82, 2.24) is 10.4 Å². The molecule has 5 N–H and O–H groups in total. The van der Waals surface area contributed by atoms with Crippen LogP contribution in [0.3, 0.4) is 0 Å². The zero-order valence-corrected chi connectivity index (χ0v) is 14.8. The Kier molecular flexibility index (Phi) is 7.13. The molecule has 3 amide bonds. The SMILES string of the molecule is C=CCONC1CN(C(=O)OC(C)(C)C)C(C(N)=O)C=C1CC(N)=O. The van der Waals surface area contributed by atoms with Gasteiger partial charge in [-0.15, -0.1) is 6.58 Å². The van der Waals surface area contributed by atoms with Crippen LogP contribution in [-0.2, 0) is 19.2 Å². The van der Waals surface area contributed by atoms with Gasteiger partial charge < -0.3 is 16.2 Å². The number of carbonyl (C=O) groups is 3. The fourth-order valence-electron chi connectivity index (χ4n) is 2.28. The van der Waals surface area contributed by atoms with E-state index in [1.165, 1.54) is 17.1 Å². The highest BCUT2D eigenvalue weighted by Gasteiger charge is 2.37. The minimum Gasteiger partial charge on any atom is -0.444 e. The van der Waals surface area contributed by atoms with Gasteiger partial charge in [-0.2, -0.15) is 5.48 Å². The van der Waals surface area contributed by atoms with E-state index in [1.54, 1.807) is 20.8 Å². The van der Waals surface area contributed by atoms with Crippen molar-refractivity contribution >= 4 is 17.9 Å². The molecule has 25 heavy (non-hydrogen) atoms. The molecule has 0 bridgehead atoms. The standard InChI is InChI=1S/C16H26N4O5/c1-5-6-24-19-11-9-20(15(23)25-16(2,3)4)12(14(18)22)7-10(11)8-13(17)21/h5,7,11-12,19H,1,6,8-9H2,2-4H3,(H2,17,21)(H2,18,22). The Balaban J connectivity index is 3.09. The van der Waals surface area contributed by atoms with Crippen LogP contribution in [0, 0.1) is 0 Å². The van der Waals surface area contributed by atoms with Crippen molar-refractivity contribution in [3.63, 3.8) is 0 Å². The van der Waals surface area contributed by atoms with Crippen molar-refractivity contribution in [3.8, 4) is 0 Å². The van der Waals surface area contributed by atoms with Crippen molar-refractivity contribution in [1.29, 1.82) is 0 Å². The minimum atomic E-state index is -1.04. The number of hydroxylamine groups is 1. The van der Waals surface area contributed by atoms with Gasteiger partial charge in [-0.1, -0.05) is 12.2 Å². The topological polar surface area (TPSA) is 137 Å². The summed E-state index contributed by atoms with van der Waals surface area (Å²) >= 11 is 0. The van der Waals surface area contributed by atoms with Crippen LogP contribution in [-0.4, -0.2) is 53.6 Å². The first-order chi connectivity index (χ1) is 11.5. The van der Waals surface area contributed by atoms with E-state index in [1.807, 2.05) is 0 Å². The molecule has 0 aromatic carbocycles. The van der Waals surface area contributed by atoms with Crippen LogP contribution in [0.1, 0.15) is 27.2 Å². The second-order valence-corrected chi connectivity index (χ2v) is 6.63. The second-order valence-electron chi connectivity index (χ2n) is 6.63. The number of nitrogens with two attached hydrogens (primary N) is 2. The van der Waals surface area contributed by atoms with Gasteiger partial charge in [0.2, 0.25) is 11.8 Å². The van der Waals surface area contributed by atoms with Crippen LogP contribution in [0.5, 0.6) is 0 Å². The molecular weight excluding hydrogens is 328 g/mol. The fraction of sp³-hybridized carbons (Fsp3) is 0.562. The monoisotopic (exact) mass is 354 g/mol. The summed E-state index contributed by atoms with van der Waals surface area (Å²) in [7, 11) is 0. The number of nitrogens with one attached hydrogen (secondary N) is 1. The molecule has 1 rings (SSSR count). The normalized spacial score (nSPS) is 20.6. The quantitative estimate of drug-likeness (QED) is 0.333. The fourth-order valence-corrected chi connectivity index (χ4v) is 2.28. The molecule has 9 heteroatoms. The van der Waals surface area contributed by atoms with Crippen LogP contribution in [0.4, 0.5) is 4.79 Å².